The van der Waals surface area contributed by atoms with Gasteiger partial charge in [-0.3, -0.25) is 0 Å². The zero-order valence-electron chi connectivity index (χ0n) is 11.9. The lowest BCUT2D eigenvalue weighted by Crippen LogP contribution is -2.33. The van der Waals surface area contributed by atoms with E-state index in [-0.39, 0.29) is 17.7 Å². The Morgan fingerprint density at radius 3 is 3.00 bits per heavy atom. The highest BCUT2D eigenvalue weighted by Crippen LogP contribution is 2.29. The lowest BCUT2D eigenvalue weighted by atomic mass is 10.0. The third kappa shape index (κ3) is 3.42. The van der Waals surface area contributed by atoms with E-state index in [1.807, 2.05) is 0 Å². The summed E-state index contributed by atoms with van der Waals surface area (Å²) < 4.78 is 10.9. The molecule has 0 spiro atoms. The monoisotopic (exact) mass is 279 g/mol. The van der Waals surface area contributed by atoms with Crippen molar-refractivity contribution >= 4 is 11.7 Å². The molecule has 5 heteroatoms. The molecular weight excluding hydrogens is 258 g/mol. The molecule has 2 N–H and O–H groups in total. The van der Waals surface area contributed by atoms with Crippen LogP contribution in [0.5, 0.6) is 5.75 Å². The molecule has 2 atom stereocenters. The Morgan fingerprint density at radius 1 is 1.55 bits per heavy atom. The fourth-order valence-corrected chi connectivity index (χ4v) is 2.47. The number of benzene rings is 1. The highest BCUT2D eigenvalue weighted by molar-refractivity contribution is 5.89. The Morgan fingerprint density at radius 2 is 2.35 bits per heavy atom. The number of nitrogens with one attached hydrogen (secondary N) is 1. The van der Waals surface area contributed by atoms with Crippen molar-refractivity contribution in [1.82, 2.24) is 0 Å². The molecular formula is C15H21NO4. The topological polar surface area (TPSA) is 67.8 Å². The maximum absolute atomic E-state index is 11.1. The quantitative estimate of drug-likeness (QED) is 0.867. The lowest BCUT2D eigenvalue weighted by molar-refractivity contribution is 0.00922. The van der Waals surface area contributed by atoms with Crippen LogP contribution < -0.4 is 10.1 Å². The van der Waals surface area contributed by atoms with Crippen LogP contribution in [0, 0.1) is 0 Å². The van der Waals surface area contributed by atoms with Crippen molar-refractivity contribution in [2.24, 2.45) is 0 Å². The number of rotatable bonds is 5. The predicted octanol–water partition coefficient (Wildman–Crippen LogP) is 2.76. The van der Waals surface area contributed by atoms with E-state index in [0.717, 1.165) is 31.6 Å². The van der Waals surface area contributed by atoms with Crippen LogP contribution in [0.2, 0.25) is 0 Å². The van der Waals surface area contributed by atoms with Gasteiger partial charge in [0.05, 0.1) is 24.5 Å². The molecule has 0 aliphatic carbocycles. The molecule has 110 valence electrons. The average molecular weight is 279 g/mol. The molecule has 1 aromatic carbocycles. The molecule has 0 radical (unpaired) electrons. The molecule has 5 nitrogen and oxygen atoms in total. The van der Waals surface area contributed by atoms with Gasteiger partial charge in [0, 0.05) is 12.6 Å². The number of methoxy groups -OCH3 is 1. The zero-order chi connectivity index (χ0) is 14.5. The summed E-state index contributed by atoms with van der Waals surface area (Å²) in [6, 6.07) is 5.14. The summed E-state index contributed by atoms with van der Waals surface area (Å²) in [7, 11) is 1.58. The van der Waals surface area contributed by atoms with Crippen LogP contribution in [0.1, 0.15) is 36.5 Å². The Labute approximate surface area is 118 Å². The first-order valence-corrected chi connectivity index (χ1v) is 6.93. The molecule has 1 aliphatic rings. The molecule has 1 aliphatic heterocycles. The fourth-order valence-electron chi connectivity index (χ4n) is 2.47. The minimum Gasteiger partial charge on any atom is -0.495 e. The summed E-state index contributed by atoms with van der Waals surface area (Å²) >= 11 is 0. The van der Waals surface area contributed by atoms with Gasteiger partial charge < -0.3 is 19.9 Å². The van der Waals surface area contributed by atoms with E-state index in [9.17, 15) is 4.79 Å². The van der Waals surface area contributed by atoms with Crippen molar-refractivity contribution in [1.29, 1.82) is 0 Å². The smallest absolute Gasteiger partial charge is 0.335 e. The van der Waals surface area contributed by atoms with Crippen molar-refractivity contribution in [3.63, 3.8) is 0 Å². The van der Waals surface area contributed by atoms with E-state index in [1.165, 1.54) is 0 Å². The third-order valence-corrected chi connectivity index (χ3v) is 3.63. The third-order valence-electron chi connectivity index (χ3n) is 3.63. The maximum atomic E-state index is 11.1. The van der Waals surface area contributed by atoms with E-state index < -0.39 is 5.97 Å². The molecule has 2 unspecified atom stereocenters. The van der Waals surface area contributed by atoms with Crippen LogP contribution in [0.25, 0.3) is 0 Å². The van der Waals surface area contributed by atoms with Crippen LogP contribution in [0.4, 0.5) is 5.69 Å². The van der Waals surface area contributed by atoms with E-state index >= 15 is 0 Å². The van der Waals surface area contributed by atoms with Gasteiger partial charge in [-0.1, -0.05) is 6.92 Å². The molecule has 0 aromatic heterocycles. The van der Waals surface area contributed by atoms with E-state index in [0.29, 0.717) is 5.75 Å². The Balaban J connectivity index is 2.14. The van der Waals surface area contributed by atoms with Crippen LogP contribution >= 0.6 is 0 Å². The molecule has 0 saturated carbocycles. The van der Waals surface area contributed by atoms with Crippen LogP contribution in [0.3, 0.4) is 0 Å². The van der Waals surface area contributed by atoms with E-state index in [1.54, 1.807) is 25.3 Å². The first kappa shape index (κ1) is 14.7. The molecule has 1 heterocycles. The Kier molecular flexibility index (Phi) is 4.84. The molecule has 1 aromatic rings. The first-order valence-electron chi connectivity index (χ1n) is 6.93. The number of carboxylic acid groups (broad SMARTS) is 1. The van der Waals surface area contributed by atoms with Gasteiger partial charge in [0.25, 0.3) is 0 Å². The predicted molar refractivity (Wildman–Crippen MR) is 76.6 cm³/mol. The van der Waals surface area contributed by atoms with Crippen molar-refractivity contribution in [3.8, 4) is 5.75 Å². The highest BCUT2D eigenvalue weighted by atomic mass is 16.5. The number of hydrogen-bond acceptors (Lipinski definition) is 4. The minimum absolute atomic E-state index is 0.257. The number of ether oxygens (including phenoxy) is 2. The van der Waals surface area contributed by atoms with Gasteiger partial charge in [-0.15, -0.1) is 0 Å². The van der Waals surface area contributed by atoms with Crippen LogP contribution in [-0.2, 0) is 4.74 Å². The van der Waals surface area contributed by atoms with Gasteiger partial charge >= 0.3 is 5.97 Å². The normalized spacial score (nSPS) is 22.3. The second kappa shape index (κ2) is 6.61. The largest absolute Gasteiger partial charge is 0.495 e. The van der Waals surface area contributed by atoms with E-state index in [4.69, 9.17) is 14.6 Å². The second-order valence-electron chi connectivity index (χ2n) is 4.99. The average Bonchev–Trinajstić information content (AvgIpc) is 2.47. The van der Waals surface area contributed by atoms with Gasteiger partial charge in [-0.05, 0) is 37.5 Å². The van der Waals surface area contributed by atoms with Gasteiger partial charge in [-0.2, -0.15) is 0 Å². The number of aromatic carboxylic acids is 1. The molecule has 2 rings (SSSR count). The standard InChI is InChI=1S/C15H21NO4/c1-3-12-9-11(6-7-20-12)16-13-8-10(15(17)18)4-5-14(13)19-2/h4-5,8,11-12,16H,3,6-7,9H2,1-2H3,(H,17,18). The minimum atomic E-state index is -0.936. The van der Waals surface area contributed by atoms with Crippen molar-refractivity contribution in [3.05, 3.63) is 23.8 Å². The van der Waals surface area contributed by atoms with Gasteiger partial charge in [0.2, 0.25) is 0 Å². The Hall–Kier alpha value is -1.75. The summed E-state index contributed by atoms with van der Waals surface area (Å²) in [6.45, 7) is 2.84. The van der Waals surface area contributed by atoms with Gasteiger partial charge in [0.1, 0.15) is 5.75 Å². The summed E-state index contributed by atoms with van der Waals surface area (Å²) in [6.07, 6.45) is 3.10. The summed E-state index contributed by atoms with van der Waals surface area (Å²) in [4.78, 5) is 11.1. The number of carboxylic acids is 1. The first-order chi connectivity index (χ1) is 9.63. The lowest BCUT2D eigenvalue weighted by Gasteiger charge is -2.30. The number of hydrogen-bond donors (Lipinski definition) is 2. The molecule has 0 amide bonds. The highest BCUT2D eigenvalue weighted by Gasteiger charge is 2.22. The fraction of sp³-hybridized carbons (Fsp3) is 0.533. The van der Waals surface area contributed by atoms with Crippen molar-refractivity contribution < 1.29 is 19.4 Å². The van der Waals surface area contributed by atoms with Crippen LogP contribution in [0.15, 0.2) is 18.2 Å². The summed E-state index contributed by atoms with van der Waals surface area (Å²) in [5.74, 6) is -0.274. The van der Waals surface area contributed by atoms with Gasteiger partial charge in [0.15, 0.2) is 0 Å². The number of anilines is 1. The SMILES string of the molecule is CCC1CC(Nc2cc(C(=O)O)ccc2OC)CCO1. The van der Waals surface area contributed by atoms with Crippen molar-refractivity contribution in [2.45, 2.75) is 38.3 Å². The second-order valence-corrected chi connectivity index (χ2v) is 4.99. The van der Waals surface area contributed by atoms with Crippen LogP contribution in [-0.4, -0.2) is 36.9 Å². The zero-order valence-corrected chi connectivity index (χ0v) is 11.9. The molecule has 1 saturated heterocycles. The van der Waals surface area contributed by atoms with Crippen molar-refractivity contribution in [2.75, 3.05) is 19.0 Å². The summed E-state index contributed by atoms with van der Waals surface area (Å²) in [5.41, 5.74) is 0.988. The molecule has 0 bridgehead atoms. The maximum Gasteiger partial charge on any atom is 0.335 e. The van der Waals surface area contributed by atoms with Gasteiger partial charge in [-0.25, -0.2) is 4.79 Å². The van der Waals surface area contributed by atoms with E-state index in [2.05, 4.69) is 12.2 Å². The molecule has 20 heavy (non-hydrogen) atoms. The molecule has 1 fully saturated rings. The summed E-state index contributed by atoms with van der Waals surface area (Å²) in [5, 5.41) is 12.5. The number of carbonyl (C=O) groups is 1. The Bertz CT molecular complexity index is 475.